The zero-order valence-electron chi connectivity index (χ0n) is 10.6. The summed E-state index contributed by atoms with van der Waals surface area (Å²) in [6.45, 7) is 1.97. The molecule has 1 heterocycles. The number of aromatic nitrogens is 2. The number of nitrogens with one attached hydrogen (secondary N) is 1. The monoisotopic (exact) mass is 341 g/mol. The van der Waals surface area contributed by atoms with Gasteiger partial charge in [0.2, 0.25) is 0 Å². The van der Waals surface area contributed by atoms with Crippen molar-refractivity contribution >= 4 is 39.1 Å². The van der Waals surface area contributed by atoms with Crippen molar-refractivity contribution in [3.05, 3.63) is 45.1 Å². The lowest BCUT2D eigenvalue weighted by molar-refractivity contribution is 0.102. The van der Waals surface area contributed by atoms with Crippen molar-refractivity contribution in [2.45, 2.75) is 13.3 Å². The third-order valence-corrected chi connectivity index (χ3v) is 3.89. The molecule has 0 bridgehead atoms. The fraction of sp³-hybridized carbons (Fsp3) is 0.231. The minimum absolute atomic E-state index is 0.177. The van der Waals surface area contributed by atoms with Crippen LogP contribution in [-0.4, -0.2) is 15.7 Å². The van der Waals surface area contributed by atoms with Gasteiger partial charge < -0.3 is 5.32 Å². The summed E-state index contributed by atoms with van der Waals surface area (Å²) in [4.78, 5) is 12.2. The topological polar surface area (TPSA) is 46.9 Å². The molecule has 1 N–H and O–H groups in total. The van der Waals surface area contributed by atoms with Crippen molar-refractivity contribution in [3.8, 4) is 0 Å². The summed E-state index contributed by atoms with van der Waals surface area (Å²) in [5.41, 5.74) is 2.02. The maximum atomic E-state index is 12.2. The number of nitrogens with zero attached hydrogens (tertiary/aromatic N) is 2. The molecule has 0 fully saturated rings. The minimum Gasteiger partial charge on any atom is -0.322 e. The van der Waals surface area contributed by atoms with Gasteiger partial charge in [0, 0.05) is 23.4 Å². The highest BCUT2D eigenvalue weighted by atomic mass is 79.9. The second-order valence-corrected chi connectivity index (χ2v) is 5.36. The van der Waals surface area contributed by atoms with Crippen LogP contribution in [0.1, 0.15) is 23.0 Å². The number of halogens is 2. The van der Waals surface area contributed by atoms with Gasteiger partial charge in [0.05, 0.1) is 16.3 Å². The molecule has 2 rings (SSSR count). The van der Waals surface area contributed by atoms with Gasteiger partial charge in [0.15, 0.2) is 0 Å². The van der Waals surface area contributed by atoms with Gasteiger partial charge in [0.25, 0.3) is 5.91 Å². The molecule has 0 saturated heterocycles. The fourth-order valence-electron chi connectivity index (χ4n) is 1.76. The molecule has 0 aliphatic heterocycles. The van der Waals surface area contributed by atoms with Crippen LogP contribution in [0.4, 0.5) is 5.69 Å². The van der Waals surface area contributed by atoms with Crippen LogP contribution in [0, 0.1) is 0 Å². The molecule has 1 aromatic heterocycles. The number of benzene rings is 1. The second-order valence-electron chi connectivity index (χ2n) is 4.10. The Kier molecular flexibility index (Phi) is 4.27. The van der Waals surface area contributed by atoms with E-state index in [0.29, 0.717) is 22.7 Å². The first-order chi connectivity index (χ1) is 9.01. The maximum Gasteiger partial charge on any atom is 0.259 e. The van der Waals surface area contributed by atoms with E-state index in [1.165, 1.54) is 0 Å². The number of anilines is 1. The number of amides is 1. The van der Waals surface area contributed by atoms with Crippen LogP contribution < -0.4 is 5.32 Å². The Hall–Kier alpha value is -1.33. The van der Waals surface area contributed by atoms with Crippen molar-refractivity contribution in [2.75, 3.05) is 5.32 Å². The first-order valence-corrected chi connectivity index (χ1v) is 6.97. The van der Waals surface area contributed by atoms with E-state index in [9.17, 15) is 4.79 Å². The molecule has 6 heteroatoms. The Morgan fingerprint density at radius 2 is 2.26 bits per heavy atom. The molecule has 0 saturated carbocycles. The molecule has 19 heavy (non-hydrogen) atoms. The summed E-state index contributed by atoms with van der Waals surface area (Å²) >= 11 is 9.30. The first-order valence-electron chi connectivity index (χ1n) is 5.80. The maximum absolute atomic E-state index is 12.2. The molecular formula is C13H13BrClN3O. The lowest BCUT2D eigenvalue weighted by Gasteiger charge is -2.06. The number of carbonyl (C=O) groups is 1. The van der Waals surface area contributed by atoms with E-state index >= 15 is 0 Å². The molecule has 0 aliphatic rings. The third-order valence-electron chi connectivity index (χ3n) is 2.66. The van der Waals surface area contributed by atoms with Gasteiger partial charge in [-0.3, -0.25) is 9.48 Å². The molecule has 0 radical (unpaired) electrons. The van der Waals surface area contributed by atoms with Gasteiger partial charge in [-0.2, -0.15) is 5.10 Å². The van der Waals surface area contributed by atoms with E-state index in [1.807, 2.05) is 6.92 Å². The van der Waals surface area contributed by atoms with Gasteiger partial charge in [-0.05, 0) is 40.5 Å². The van der Waals surface area contributed by atoms with Gasteiger partial charge in [-0.25, -0.2) is 0 Å². The summed E-state index contributed by atoms with van der Waals surface area (Å²) in [6, 6.07) is 5.28. The predicted octanol–water partition coefficient (Wildman–Crippen LogP) is 3.65. The summed E-state index contributed by atoms with van der Waals surface area (Å²) in [6.07, 6.45) is 2.43. The quantitative estimate of drug-likeness (QED) is 0.925. The molecule has 4 nitrogen and oxygen atoms in total. The van der Waals surface area contributed by atoms with E-state index in [2.05, 4.69) is 26.3 Å². The third kappa shape index (κ3) is 3.16. The Labute approximate surface area is 124 Å². The molecule has 0 atom stereocenters. The smallest absolute Gasteiger partial charge is 0.259 e. The van der Waals surface area contributed by atoms with Crippen LogP contribution in [0.15, 0.2) is 28.9 Å². The lowest BCUT2D eigenvalue weighted by atomic mass is 10.2. The Morgan fingerprint density at radius 1 is 1.53 bits per heavy atom. The average Bonchev–Trinajstić information content (AvgIpc) is 2.75. The summed E-state index contributed by atoms with van der Waals surface area (Å²) < 4.78 is 2.44. The first kappa shape index (κ1) is 14.1. The number of hydrogen-bond donors (Lipinski definition) is 1. The summed E-state index contributed by atoms with van der Waals surface area (Å²) in [5.74, 6) is -0.177. The van der Waals surface area contributed by atoms with Crippen molar-refractivity contribution in [1.82, 2.24) is 9.78 Å². The highest BCUT2D eigenvalue weighted by Gasteiger charge is 2.14. The zero-order chi connectivity index (χ0) is 14.0. The number of hydrogen-bond acceptors (Lipinski definition) is 2. The Bertz CT molecular complexity index is 624. The van der Waals surface area contributed by atoms with E-state index in [4.69, 9.17) is 11.6 Å². The van der Waals surface area contributed by atoms with E-state index in [0.717, 1.165) is 10.2 Å². The van der Waals surface area contributed by atoms with Crippen LogP contribution in [0.25, 0.3) is 0 Å². The van der Waals surface area contributed by atoms with Gasteiger partial charge >= 0.3 is 0 Å². The van der Waals surface area contributed by atoms with Crippen LogP contribution in [0.2, 0.25) is 5.02 Å². The molecule has 1 amide bonds. The molecular weight excluding hydrogens is 330 g/mol. The molecule has 100 valence electrons. The van der Waals surface area contributed by atoms with Crippen molar-refractivity contribution in [3.63, 3.8) is 0 Å². The van der Waals surface area contributed by atoms with Crippen LogP contribution in [-0.2, 0) is 13.5 Å². The van der Waals surface area contributed by atoms with Gasteiger partial charge in [-0.15, -0.1) is 0 Å². The minimum atomic E-state index is -0.177. The lowest BCUT2D eigenvalue weighted by Crippen LogP contribution is -2.13. The van der Waals surface area contributed by atoms with Gasteiger partial charge in [-0.1, -0.05) is 18.5 Å². The van der Waals surface area contributed by atoms with Crippen LogP contribution in [0.5, 0.6) is 0 Å². The SMILES string of the molecule is CCc1nn(C)cc1C(=O)Nc1ccc(Br)c(Cl)c1. The normalized spacial score (nSPS) is 10.5. The predicted molar refractivity (Wildman–Crippen MR) is 79.7 cm³/mol. The zero-order valence-corrected chi connectivity index (χ0v) is 12.9. The molecule has 2 aromatic rings. The largest absolute Gasteiger partial charge is 0.322 e. The highest BCUT2D eigenvalue weighted by Crippen LogP contribution is 2.25. The van der Waals surface area contributed by atoms with Crippen molar-refractivity contribution in [1.29, 1.82) is 0 Å². The molecule has 1 aromatic carbocycles. The Balaban J connectivity index is 2.22. The molecule has 0 aliphatic carbocycles. The number of aryl methyl sites for hydroxylation is 2. The fourth-order valence-corrected chi connectivity index (χ4v) is 2.18. The molecule has 0 spiro atoms. The highest BCUT2D eigenvalue weighted by molar-refractivity contribution is 9.10. The van der Waals surface area contributed by atoms with Crippen molar-refractivity contribution < 1.29 is 4.79 Å². The van der Waals surface area contributed by atoms with Crippen LogP contribution in [0.3, 0.4) is 0 Å². The summed E-state index contributed by atoms with van der Waals surface area (Å²) in [7, 11) is 1.80. The second kappa shape index (κ2) is 5.75. The number of rotatable bonds is 3. The van der Waals surface area contributed by atoms with E-state index in [1.54, 1.807) is 36.1 Å². The van der Waals surface area contributed by atoms with Gasteiger partial charge in [0.1, 0.15) is 0 Å². The van der Waals surface area contributed by atoms with E-state index < -0.39 is 0 Å². The van der Waals surface area contributed by atoms with Crippen LogP contribution >= 0.6 is 27.5 Å². The number of carbonyl (C=O) groups excluding carboxylic acids is 1. The Morgan fingerprint density at radius 3 is 2.89 bits per heavy atom. The van der Waals surface area contributed by atoms with E-state index in [-0.39, 0.29) is 5.91 Å². The average molecular weight is 343 g/mol. The van der Waals surface area contributed by atoms with Crippen molar-refractivity contribution in [2.24, 2.45) is 7.05 Å². The standard InChI is InChI=1S/C13H13BrClN3O/c1-3-12-9(7-18(2)17-12)13(19)16-8-4-5-10(14)11(15)6-8/h4-7H,3H2,1-2H3,(H,16,19). The summed E-state index contributed by atoms with van der Waals surface area (Å²) in [5, 5.41) is 7.62. The molecule has 0 unspecified atom stereocenters.